The smallest absolute Gasteiger partial charge is 0.276 e. The number of rotatable bonds is 5. The van der Waals surface area contributed by atoms with Crippen molar-refractivity contribution >= 4 is 15.5 Å². The van der Waals surface area contributed by atoms with Crippen molar-refractivity contribution in [2.45, 2.75) is 23.6 Å². The van der Waals surface area contributed by atoms with E-state index in [0.29, 0.717) is 6.42 Å². The Balaban J connectivity index is 2.53. The second kappa shape index (κ2) is 6.06. The zero-order chi connectivity index (χ0) is 15.6. The van der Waals surface area contributed by atoms with Gasteiger partial charge in [-0.3, -0.25) is 19.8 Å². The van der Waals surface area contributed by atoms with Crippen LogP contribution in [-0.4, -0.2) is 37.7 Å². The fourth-order valence-electron chi connectivity index (χ4n) is 2.32. The van der Waals surface area contributed by atoms with Gasteiger partial charge in [0.25, 0.3) is 5.69 Å². The van der Waals surface area contributed by atoms with Gasteiger partial charge in [-0.25, -0.2) is 8.42 Å². The molecule has 0 amide bonds. The van der Waals surface area contributed by atoms with Crippen molar-refractivity contribution in [3.63, 3.8) is 0 Å². The zero-order valence-electron chi connectivity index (χ0n) is 11.6. The molecular weight excluding hydrogens is 300 g/mol. The van der Waals surface area contributed by atoms with Gasteiger partial charge < -0.3 is 0 Å². The lowest BCUT2D eigenvalue weighted by atomic mass is 10.1. The third-order valence-corrected chi connectivity index (χ3v) is 5.57. The van der Waals surface area contributed by atoms with E-state index < -0.39 is 25.8 Å². The highest BCUT2D eigenvalue weighted by Gasteiger charge is 2.47. The molecule has 0 aromatic heterocycles. The molecule has 1 unspecified atom stereocenters. The van der Waals surface area contributed by atoms with Gasteiger partial charge in [-0.15, -0.1) is 0 Å². The molecule has 1 heterocycles. The summed E-state index contributed by atoms with van der Waals surface area (Å²) in [5.41, 5.74) is -0.449. The van der Waals surface area contributed by atoms with Gasteiger partial charge in [0, 0.05) is 12.0 Å². The standard InChI is InChI=1S/C12H16N2O6S/c1-3-9-8-20-14(19-2)12(9)21(17,18)11-7-5-4-6-10(11)13(15)16/h4-7,9,12H,3,8H2,1-2H3/t9-,12?/m1/s1. The Labute approximate surface area is 122 Å². The number of hydroxylamine groups is 2. The minimum absolute atomic E-state index is 0.189. The summed E-state index contributed by atoms with van der Waals surface area (Å²) in [7, 11) is -2.71. The van der Waals surface area contributed by atoms with E-state index in [2.05, 4.69) is 0 Å². The summed E-state index contributed by atoms with van der Waals surface area (Å²) in [5.74, 6) is -0.324. The fourth-order valence-corrected chi connectivity index (χ4v) is 4.43. The predicted octanol–water partition coefficient (Wildman–Crippen LogP) is 1.53. The molecule has 1 aromatic carbocycles. The van der Waals surface area contributed by atoms with Crippen LogP contribution in [0.25, 0.3) is 0 Å². The van der Waals surface area contributed by atoms with Crippen LogP contribution in [0.2, 0.25) is 0 Å². The average Bonchev–Trinajstić information content (AvgIpc) is 2.91. The largest absolute Gasteiger partial charge is 0.288 e. The van der Waals surface area contributed by atoms with Gasteiger partial charge in [0.05, 0.1) is 18.6 Å². The van der Waals surface area contributed by atoms with Crippen molar-refractivity contribution in [2.75, 3.05) is 13.7 Å². The quantitative estimate of drug-likeness (QED) is 0.600. The third-order valence-electron chi connectivity index (χ3n) is 3.42. The number of nitro benzene ring substituents is 1. The van der Waals surface area contributed by atoms with Crippen LogP contribution in [0.5, 0.6) is 0 Å². The van der Waals surface area contributed by atoms with E-state index in [1.165, 1.54) is 31.4 Å². The highest BCUT2D eigenvalue weighted by Crippen LogP contribution is 2.35. The maximum Gasteiger partial charge on any atom is 0.288 e. The maximum atomic E-state index is 12.8. The first kappa shape index (κ1) is 15.8. The van der Waals surface area contributed by atoms with Gasteiger partial charge in [-0.2, -0.15) is 0 Å². The number of nitro groups is 1. The monoisotopic (exact) mass is 316 g/mol. The van der Waals surface area contributed by atoms with Gasteiger partial charge >= 0.3 is 0 Å². The summed E-state index contributed by atoms with van der Waals surface area (Å²) in [6.07, 6.45) is 0.546. The fraction of sp³-hybridized carbons (Fsp3) is 0.500. The Hall–Kier alpha value is -1.55. The summed E-state index contributed by atoms with van der Waals surface area (Å²) in [4.78, 5) is 20.1. The van der Waals surface area contributed by atoms with E-state index in [9.17, 15) is 18.5 Å². The molecule has 8 nitrogen and oxygen atoms in total. The molecule has 0 N–H and O–H groups in total. The molecule has 0 bridgehead atoms. The van der Waals surface area contributed by atoms with E-state index in [-0.39, 0.29) is 17.4 Å². The molecular formula is C12H16N2O6S. The van der Waals surface area contributed by atoms with Gasteiger partial charge in [-0.1, -0.05) is 19.1 Å². The number of hydrogen-bond acceptors (Lipinski definition) is 7. The topological polar surface area (TPSA) is 99.0 Å². The van der Waals surface area contributed by atoms with Crippen molar-refractivity contribution in [1.29, 1.82) is 0 Å². The molecule has 1 fully saturated rings. The SMILES string of the molecule is CC[C@@H]1CON(OC)C1S(=O)(=O)c1ccccc1[N+](=O)[O-]. The lowest BCUT2D eigenvalue weighted by Crippen LogP contribution is -2.38. The molecule has 1 aromatic rings. The number of para-hydroxylation sites is 1. The van der Waals surface area contributed by atoms with E-state index in [1.807, 2.05) is 6.92 Å². The van der Waals surface area contributed by atoms with Gasteiger partial charge in [0.15, 0.2) is 5.37 Å². The highest BCUT2D eigenvalue weighted by atomic mass is 32.2. The van der Waals surface area contributed by atoms with E-state index in [4.69, 9.17) is 9.68 Å². The van der Waals surface area contributed by atoms with Crippen LogP contribution in [0.3, 0.4) is 0 Å². The average molecular weight is 316 g/mol. The van der Waals surface area contributed by atoms with Crippen LogP contribution in [0.4, 0.5) is 5.69 Å². The minimum Gasteiger partial charge on any atom is -0.276 e. The Bertz CT molecular complexity index is 620. The van der Waals surface area contributed by atoms with Crippen molar-refractivity contribution in [2.24, 2.45) is 5.92 Å². The molecule has 0 spiro atoms. The number of benzene rings is 1. The Morgan fingerprint density at radius 3 is 2.71 bits per heavy atom. The molecule has 1 saturated heterocycles. The normalized spacial score (nSPS) is 23.3. The molecule has 21 heavy (non-hydrogen) atoms. The summed E-state index contributed by atoms with van der Waals surface area (Å²) >= 11 is 0. The third kappa shape index (κ3) is 2.77. The van der Waals surface area contributed by atoms with Crippen LogP contribution in [-0.2, 0) is 19.5 Å². The number of hydrogen-bond donors (Lipinski definition) is 0. The van der Waals surface area contributed by atoms with Crippen LogP contribution in [0, 0.1) is 16.0 Å². The molecule has 1 aliphatic rings. The Morgan fingerprint density at radius 1 is 1.48 bits per heavy atom. The lowest BCUT2D eigenvalue weighted by Gasteiger charge is -2.22. The molecule has 116 valence electrons. The van der Waals surface area contributed by atoms with Crippen LogP contribution < -0.4 is 0 Å². The summed E-state index contributed by atoms with van der Waals surface area (Å²) in [6.45, 7) is 2.02. The lowest BCUT2D eigenvalue weighted by molar-refractivity contribution is -0.387. The Morgan fingerprint density at radius 2 is 2.14 bits per heavy atom. The molecule has 9 heteroatoms. The zero-order valence-corrected chi connectivity index (χ0v) is 12.4. The Kier molecular flexibility index (Phi) is 4.57. The summed E-state index contributed by atoms with van der Waals surface area (Å²) < 4.78 is 25.6. The summed E-state index contributed by atoms with van der Waals surface area (Å²) in [6, 6.07) is 5.27. The van der Waals surface area contributed by atoms with Crippen molar-refractivity contribution < 1.29 is 23.0 Å². The molecule has 2 atom stereocenters. The van der Waals surface area contributed by atoms with Gasteiger partial charge in [0.2, 0.25) is 9.84 Å². The predicted molar refractivity (Wildman–Crippen MR) is 72.7 cm³/mol. The van der Waals surface area contributed by atoms with Crippen molar-refractivity contribution in [3.05, 3.63) is 34.4 Å². The van der Waals surface area contributed by atoms with Crippen LogP contribution >= 0.6 is 0 Å². The molecule has 2 rings (SSSR count). The first-order valence-corrected chi connectivity index (χ1v) is 7.91. The van der Waals surface area contributed by atoms with Crippen LogP contribution in [0.15, 0.2) is 29.2 Å². The minimum atomic E-state index is -4.00. The van der Waals surface area contributed by atoms with Crippen molar-refractivity contribution in [1.82, 2.24) is 5.23 Å². The van der Waals surface area contributed by atoms with Gasteiger partial charge in [0.1, 0.15) is 4.90 Å². The summed E-state index contributed by atoms with van der Waals surface area (Å²) in [5, 5.41) is 10.9. The molecule has 0 radical (unpaired) electrons. The molecule has 0 aliphatic carbocycles. The second-order valence-corrected chi connectivity index (χ2v) is 6.61. The van der Waals surface area contributed by atoms with E-state index >= 15 is 0 Å². The first-order chi connectivity index (χ1) is 9.93. The maximum absolute atomic E-state index is 12.8. The first-order valence-electron chi connectivity index (χ1n) is 6.37. The van der Waals surface area contributed by atoms with E-state index in [0.717, 1.165) is 5.23 Å². The van der Waals surface area contributed by atoms with Gasteiger partial charge in [-0.05, 0) is 17.7 Å². The number of sulfone groups is 1. The molecule has 1 aliphatic heterocycles. The van der Waals surface area contributed by atoms with E-state index in [1.54, 1.807) is 0 Å². The second-order valence-electron chi connectivity index (χ2n) is 4.59. The molecule has 0 saturated carbocycles. The highest BCUT2D eigenvalue weighted by molar-refractivity contribution is 7.92. The number of nitrogens with zero attached hydrogens (tertiary/aromatic N) is 2. The van der Waals surface area contributed by atoms with Crippen LogP contribution in [0.1, 0.15) is 13.3 Å². The van der Waals surface area contributed by atoms with Crippen molar-refractivity contribution in [3.8, 4) is 0 Å².